The van der Waals surface area contributed by atoms with Crippen molar-refractivity contribution in [3.05, 3.63) is 42.2 Å². The highest BCUT2D eigenvalue weighted by atomic mass is 16.4. The first kappa shape index (κ1) is 13.5. The van der Waals surface area contributed by atoms with Gasteiger partial charge < -0.3 is 10.4 Å². The summed E-state index contributed by atoms with van der Waals surface area (Å²) in [5, 5.41) is 13.7. The highest BCUT2D eigenvalue weighted by Crippen LogP contribution is 2.40. The second kappa shape index (κ2) is 4.84. The second-order valence-corrected chi connectivity index (χ2v) is 5.62. The minimum atomic E-state index is -1.23. The molecule has 1 atom stereocenters. The van der Waals surface area contributed by atoms with Gasteiger partial charge in [-0.25, -0.2) is 4.79 Å². The third-order valence-electron chi connectivity index (χ3n) is 4.10. The SMILES string of the molecule is CC(NC(=O)c1nccc2ccccc12)(C(=O)O)C1CC1. The molecule has 3 rings (SSSR count). The highest BCUT2D eigenvalue weighted by Gasteiger charge is 2.48. The Labute approximate surface area is 122 Å². The smallest absolute Gasteiger partial charge is 0.329 e. The molecule has 1 aliphatic rings. The summed E-state index contributed by atoms with van der Waals surface area (Å²) in [5.41, 5.74) is -0.961. The van der Waals surface area contributed by atoms with E-state index in [-0.39, 0.29) is 11.6 Å². The molecule has 0 radical (unpaired) electrons. The van der Waals surface area contributed by atoms with Crippen molar-refractivity contribution in [2.24, 2.45) is 5.92 Å². The first-order chi connectivity index (χ1) is 10.0. The molecule has 1 fully saturated rings. The predicted molar refractivity (Wildman–Crippen MR) is 78.0 cm³/mol. The van der Waals surface area contributed by atoms with E-state index in [1.807, 2.05) is 30.3 Å². The highest BCUT2D eigenvalue weighted by molar-refractivity contribution is 6.06. The fraction of sp³-hybridized carbons (Fsp3) is 0.312. The molecule has 5 heteroatoms. The largest absolute Gasteiger partial charge is 0.480 e. The summed E-state index contributed by atoms with van der Waals surface area (Å²) in [6.07, 6.45) is 3.21. The van der Waals surface area contributed by atoms with Crippen molar-refractivity contribution in [3.63, 3.8) is 0 Å². The van der Waals surface area contributed by atoms with Crippen LogP contribution in [-0.2, 0) is 4.79 Å². The Balaban J connectivity index is 1.96. The number of aliphatic carboxylic acids is 1. The predicted octanol–water partition coefficient (Wildman–Crippen LogP) is 2.22. The number of aromatic nitrogens is 1. The van der Waals surface area contributed by atoms with Crippen molar-refractivity contribution in [2.45, 2.75) is 25.3 Å². The van der Waals surface area contributed by atoms with E-state index < -0.39 is 17.4 Å². The van der Waals surface area contributed by atoms with Crippen LogP contribution in [0.1, 0.15) is 30.3 Å². The molecule has 1 unspecified atom stereocenters. The Morgan fingerprint density at radius 1 is 1.29 bits per heavy atom. The van der Waals surface area contributed by atoms with Gasteiger partial charge in [-0.15, -0.1) is 0 Å². The number of hydrogen-bond donors (Lipinski definition) is 2. The molecule has 0 aliphatic heterocycles. The molecule has 0 saturated heterocycles. The summed E-state index contributed by atoms with van der Waals surface area (Å²) in [7, 11) is 0. The number of carbonyl (C=O) groups is 2. The third kappa shape index (κ3) is 2.35. The summed E-state index contributed by atoms with van der Waals surface area (Å²) >= 11 is 0. The zero-order valence-electron chi connectivity index (χ0n) is 11.7. The number of nitrogens with zero attached hydrogens (tertiary/aromatic N) is 1. The standard InChI is InChI=1S/C16H16N2O3/c1-16(15(20)21,11-6-7-11)18-14(19)13-12-5-3-2-4-10(12)8-9-17-13/h2-5,8-9,11H,6-7H2,1H3,(H,18,19)(H,20,21). The summed E-state index contributed by atoms with van der Waals surface area (Å²) in [6.45, 7) is 1.57. The van der Waals surface area contributed by atoms with Gasteiger partial charge in [0.25, 0.3) is 5.91 Å². The van der Waals surface area contributed by atoms with E-state index in [1.165, 1.54) is 0 Å². The average Bonchev–Trinajstić information content (AvgIpc) is 3.31. The first-order valence-electron chi connectivity index (χ1n) is 6.92. The molecule has 5 nitrogen and oxygen atoms in total. The molecule has 1 aliphatic carbocycles. The number of carboxylic acids is 1. The van der Waals surface area contributed by atoms with E-state index >= 15 is 0 Å². The minimum Gasteiger partial charge on any atom is -0.480 e. The number of rotatable bonds is 4. The van der Waals surface area contributed by atoms with Crippen molar-refractivity contribution in [1.82, 2.24) is 10.3 Å². The maximum atomic E-state index is 12.5. The quantitative estimate of drug-likeness (QED) is 0.902. The molecule has 0 bridgehead atoms. The monoisotopic (exact) mass is 284 g/mol. The molecule has 2 aromatic rings. The van der Waals surface area contributed by atoms with Crippen molar-refractivity contribution in [1.29, 1.82) is 0 Å². The summed E-state index contributed by atoms with van der Waals surface area (Å²) in [6, 6.07) is 9.24. The molecule has 1 saturated carbocycles. The molecular formula is C16H16N2O3. The van der Waals surface area contributed by atoms with Crippen LogP contribution in [0.25, 0.3) is 10.8 Å². The zero-order chi connectivity index (χ0) is 15.0. The van der Waals surface area contributed by atoms with Crippen LogP contribution >= 0.6 is 0 Å². The van der Waals surface area contributed by atoms with Crippen LogP contribution < -0.4 is 5.32 Å². The number of amides is 1. The maximum absolute atomic E-state index is 12.5. The summed E-state index contributed by atoms with van der Waals surface area (Å²) in [4.78, 5) is 28.1. The number of pyridine rings is 1. The van der Waals surface area contributed by atoms with Crippen LogP contribution in [0.4, 0.5) is 0 Å². The van der Waals surface area contributed by atoms with Gasteiger partial charge in [0, 0.05) is 11.6 Å². The zero-order valence-corrected chi connectivity index (χ0v) is 11.7. The molecule has 108 valence electrons. The van der Waals surface area contributed by atoms with E-state index in [4.69, 9.17) is 0 Å². The lowest BCUT2D eigenvalue weighted by atomic mass is 9.95. The Morgan fingerprint density at radius 2 is 2.00 bits per heavy atom. The van der Waals surface area contributed by atoms with Crippen molar-refractivity contribution in [3.8, 4) is 0 Å². The van der Waals surface area contributed by atoms with Gasteiger partial charge in [0.2, 0.25) is 0 Å². The number of carboxylic acid groups (broad SMARTS) is 1. The topological polar surface area (TPSA) is 79.3 Å². The normalized spacial score (nSPS) is 17.2. The van der Waals surface area contributed by atoms with E-state index in [1.54, 1.807) is 13.1 Å². The molecule has 1 heterocycles. The van der Waals surface area contributed by atoms with Crippen LogP contribution in [0.15, 0.2) is 36.5 Å². The van der Waals surface area contributed by atoms with Gasteiger partial charge in [-0.2, -0.15) is 0 Å². The van der Waals surface area contributed by atoms with Gasteiger partial charge >= 0.3 is 5.97 Å². The van der Waals surface area contributed by atoms with Gasteiger partial charge in [0.1, 0.15) is 11.2 Å². The lowest BCUT2D eigenvalue weighted by molar-refractivity contribution is -0.144. The number of carbonyl (C=O) groups excluding carboxylic acids is 1. The molecule has 1 aromatic carbocycles. The van der Waals surface area contributed by atoms with Gasteiger partial charge in [-0.3, -0.25) is 9.78 Å². The van der Waals surface area contributed by atoms with Crippen LogP contribution in [0, 0.1) is 5.92 Å². The lowest BCUT2D eigenvalue weighted by Crippen LogP contribution is -2.54. The Bertz CT molecular complexity index is 719. The summed E-state index contributed by atoms with van der Waals surface area (Å²) < 4.78 is 0. The number of hydrogen-bond acceptors (Lipinski definition) is 3. The molecule has 0 spiro atoms. The van der Waals surface area contributed by atoms with Gasteiger partial charge in [-0.1, -0.05) is 24.3 Å². The van der Waals surface area contributed by atoms with Crippen molar-refractivity contribution < 1.29 is 14.7 Å². The van der Waals surface area contributed by atoms with E-state index in [0.29, 0.717) is 0 Å². The Kier molecular flexibility index (Phi) is 3.12. The first-order valence-corrected chi connectivity index (χ1v) is 6.92. The van der Waals surface area contributed by atoms with E-state index in [2.05, 4.69) is 10.3 Å². The Hall–Kier alpha value is -2.43. The van der Waals surface area contributed by atoms with Gasteiger partial charge in [0.15, 0.2) is 0 Å². The number of nitrogens with one attached hydrogen (secondary N) is 1. The van der Waals surface area contributed by atoms with Gasteiger partial charge in [0.05, 0.1) is 0 Å². The average molecular weight is 284 g/mol. The van der Waals surface area contributed by atoms with Crippen LogP contribution in [0.2, 0.25) is 0 Å². The molecule has 1 amide bonds. The minimum absolute atomic E-state index is 0.00562. The van der Waals surface area contributed by atoms with Crippen LogP contribution in [-0.4, -0.2) is 27.5 Å². The molecule has 1 aromatic heterocycles. The molecule has 2 N–H and O–H groups in total. The van der Waals surface area contributed by atoms with Crippen LogP contribution in [0.3, 0.4) is 0 Å². The Morgan fingerprint density at radius 3 is 2.67 bits per heavy atom. The van der Waals surface area contributed by atoms with Crippen molar-refractivity contribution >= 4 is 22.6 Å². The third-order valence-corrected chi connectivity index (χ3v) is 4.10. The molecular weight excluding hydrogens is 268 g/mol. The van der Waals surface area contributed by atoms with Gasteiger partial charge in [-0.05, 0) is 37.1 Å². The second-order valence-electron chi connectivity index (χ2n) is 5.62. The lowest BCUT2D eigenvalue weighted by Gasteiger charge is -2.26. The fourth-order valence-electron chi connectivity index (χ4n) is 2.59. The summed E-state index contributed by atoms with van der Waals surface area (Å²) in [5.74, 6) is -1.45. The van der Waals surface area contributed by atoms with E-state index in [0.717, 1.165) is 23.6 Å². The maximum Gasteiger partial charge on any atom is 0.329 e. The van der Waals surface area contributed by atoms with E-state index in [9.17, 15) is 14.7 Å². The fourth-order valence-corrected chi connectivity index (χ4v) is 2.59. The van der Waals surface area contributed by atoms with Crippen LogP contribution in [0.5, 0.6) is 0 Å². The molecule has 21 heavy (non-hydrogen) atoms. The van der Waals surface area contributed by atoms with Crippen molar-refractivity contribution in [2.75, 3.05) is 0 Å². The number of benzene rings is 1. The number of fused-ring (bicyclic) bond motifs is 1.